The van der Waals surface area contributed by atoms with Gasteiger partial charge in [-0.3, -0.25) is 4.79 Å². The van der Waals surface area contributed by atoms with Crippen molar-refractivity contribution in [2.24, 2.45) is 0 Å². The lowest BCUT2D eigenvalue weighted by Crippen LogP contribution is -2.40. The van der Waals surface area contributed by atoms with Gasteiger partial charge in [0, 0.05) is 18.3 Å². The second-order valence-corrected chi connectivity index (χ2v) is 5.47. The van der Waals surface area contributed by atoms with Gasteiger partial charge < -0.3 is 24.4 Å². The van der Waals surface area contributed by atoms with Gasteiger partial charge in [-0.25, -0.2) is 0 Å². The highest BCUT2D eigenvalue weighted by Gasteiger charge is 2.31. The molecule has 1 aliphatic rings. The van der Waals surface area contributed by atoms with Gasteiger partial charge in [-0.05, 0) is 24.3 Å². The molecule has 1 N–H and O–H groups in total. The number of nitrogens with zero attached hydrogens (tertiary/aromatic N) is 1. The van der Waals surface area contributed by atoms with E-state index in [-0.39, 0.29) is 12.1 Å². The third-order valence-electron chi connectivity index (χ3n) is 4.16. The predicted molar refractivity (Wildman–Crippen MR) is 91.0 cm³/mol. The van der Waals surface area contributed by atoms with Gasteiger partial charge >= 0.3 is 0 Å². The van der Waals surface area contributed by atoms with Gasteiger partial charge in [0.05, 0.1) is 26.9 Å². The van der Waals surface area contributed by atoms with Crippen LogP contribution in [-0.2, 0) is 0 Å². The minimum atomic E-state index is -0.332. The zero-order valence-electron chi connectivity index (χ0n) is 14.1. The van der Waals surface area contributed by atoms with Crippen molar-refractivity contribution >= 4 is 11.6 Å². The van der Waals surface area contributed by atoms with Gasteiger partial charge in [0.25, 0.3) is 5.91 Å². The maximum Gasteiger partial charge on any atom is 0.257 e. The predicted octanol–water partition coefficient (Wildman–Crippen LogP) is 2.91. The van der Waals surface area contributed by atoms with E-state index in [4.69, 9.17) is 14.2 Å². The molecule has 6 nitrogen and oxygen atoms in total. The van der Waals surface area contributed by atoms with E-state index in [0.29, 0.717) is 22.8 Å². The number of carbonyl (C=O) groups is 1. The normalized spacial score (nSPS) is 16.2. The Labute approximate surface area is 140 Å². The van der Waals surface area contributed by atoms with Gasteiger partial charge in [-0.1, -0.05) is 12.1 Å². The molecule has 0 unspecified atom stereocenters. The van der Waals surface area contributed by atoms with Crippen molar-refractivity contribution in [3.63, 3.8) is 0 Å². The molecule has 1 aliphatic heterocycles. The molecule has 0 saturated heterocycles. The first-order chi connectivity index (χ1) is 11.6. The molecular weight excluding hydrogens is 308 g/mol. The summed E-state index contributed by atoms with van der Waals surface area (Å²) in [6.07, 6.45) is -0.332. The lowest BCUT2D eigenvalue weighted by atomic mass is 10.0. The Balaban J connectivity index is 2.08. The van der Waals surface area contributed by atoms with Crippen LogP contribution in [0.2, 0.25) is 0 Å². The molecule has 1 heterocycles. The number of rotatable bonds is 4. The number of para-hydroxylation sites is 1. The molecular formula is C18H20N2O4. The average molecular weight is 328 g/mol. The first kappa shape index (κ1) is 16.0. The Bertz CT molecular complexity index is 750. The number of hydrogen-bond acceptors (Lipinski definition) is 5. The Morgan fingerprint density at radius 1 is 1.00 bits per heavy atom. The van der Waals surface area contributed by atoms with Crippen LogP contribution in [0.5, 0.6) is 17.2 Å². The number of fused-ring (bicyclic) bond motifs is 1. The van der Waals surface area contributed by atoms with Gasteiger partial charge in [0.15, 0.2) is 11.5 Å². The molecule has 2 aromatic rings. The van der Waals surface area contributed by atoms with Gasteiger partial charge in [-0.15, -0.1) is 0 Å². The highest BCUT2D eigenvalue weighted by atomic mass is 16.5. The Kier molecular flexibility index (Phi) is 4.20. The second-order valence-electron chi connectivity index (χ2n) is 5.47. The van der Waals surface area contributed by atoms with E-state index in [2.05, 4.69) is 5.32 Å². The van der Waals surface area contributed by atoms with E-state index in [9.17, 15) is 4.79 Å². The first-order valence-electron chi connectivity index (χ1n) is 7.53. The molecule has 0 bridgehead atoms. The molecule has 0 spiro atoms. The smallest absolute Gasteiger partial charge is 0.257 e. The Morgan fingerprint density at radius 2 is 1.62 bits per heavy atom. The maximum atomic E-state index is 12.6. The van der Waals surface area contributed by atoms with Gasteiger partial charge in [0.1, 0.15) is 6.17 Å². The fourth-order valence-electron chi connectivity index (χ4n) is 2.91. The molecule has 0 radical (unpaired) electrons. The van der Waals surface area contributed by atoms with Crippen molar-refractivity contribution < 1.29 is 19.0 Å². The van der Waals surface area contributed by atoms with E-state index in [1.807, 2.05) is 36.4 Å². The SMILES string of the molecule is COc1cc([C@@H]2Nc3ccccc3C(=O)N2C)cc(OC)c1OC. The topological polar surface area (TPSA) is 60.0 Å². The zero-order chi connectivity index (χ0) is 17.3. The molecule has 3 rings (SSSR count). The van der Waals surface area contributed by atoms with Crippen LogP contribution in [-0.4, -0.2) is 39.2 Å². The van der Waals surface area contributed by atoms with Crippen LogP contribution >= 0.6 is 0 Å². The lowest BCUT2D eigenvalue weighted by Gasteiger charge is -2.35. The van der Waals surface area contributed by atoms with Crippen molar-refractivity contribution in [1.29, 1.82) is 0 Å². The van der Waals surface area contributed by atoms with Crippen molar-refractivity contribution in [2.75, 3.05) is 33.7 Å². The maximum absolute atomic E-state index is 12.6. The Morgan fingerprint density at radius 3 is 2.21 bits per heavy atom. The standard InChI is InChI=1S/C18H20N2O4/c1-20-17(19-13-8-6-5-7-12(13)18(20)21)11-9-14(22-2)16(24-4)15(10-11)23-3/h5-10,17,19H,1-4H3/t17-/m1/s1. The van der Waals surface area contributed by atoms with Crippen LogP contribution in [0.15, 0.2) is 36.4 Å². The molecule has 0 saturated carbocycles. The molecule has 0 aliphatic carbocycles. The zero-order valence-corrected chi connectivity index (χ0v) is 14.1. The number of methoxy groups -OCH3 is 3. The van der Waals surface area contributed by atoms with E-state index in [1.54, 1.807) is 33.3 Å². The summed E-state index contributed by atoms with van der Waals surface area (Å²) in [6, 6.07) is 11.1. The highest BCUT2D eigenvalue weighted by molar-refractivity contribution is 6.01. The summed E-state index contributed by atoms with van der Waals surface area (Å²) in [5, 5.41) is 3.39. The summed E-state index contributed by atoms with van der Waals surface area (Å²) in [6.45, 7) is 0. The summed E-state index contributed by atoms with van der Waals surface area (Å²) in [4.78, 5) is 14.3. The van der Waals surface area contributed by atoms with Gasteiger partial charge in [0.2, 0.25) is 5.75 Å². The Hall–Kier alpha value is -2.89. The van der Waals surface area contributed by atoms with Crippen LogP contribution < -0.4 is 19.5 Å². The molecule has 24 heavy (non-hydrogen) atoms. The minimum absolute atomic E-state index is 0.0388. The van der Waals surface area contributed by atoms with Crippen LogP contribution in [0.1, 0.15) is 22.1 Å². The summed E-state index contributed by atoms with van der Waals surface area (Å²) in [5.74, 6) is 1.58. The molecule has 6 heteroatoms. The molecule has 2 aromatic carbocycles. The van der Waals surface area contributed by atoms with Crippen molar-refractivity contribution in [1.82, 2.24) is 4.90 Å². The third kappa shape index (κ3) is 2.50. The van der Waals surface area contributed by atoms with E-state index < -0.39 is 0 Å². The summed E-state index contributed by atoms with van der Waals surface area (Å²) < 4.78 is 16.2. The summed E-state index contributed by atoms with van der Waals surface area (Å²) >= 11 is 0. The largest absolute Gasteiger partial charge is 0.493 e. The molecule has 1 amide bonds. The third-order valence-corrected chi connectivity index (χ3v) is 4.16. The van der Waals surface area contributed by atoms with Crippen molar-refractivity contribution in [3.05, 3.63) is 47.5 Å². The first-order valence-corrected chi connectivity index (χ1v) is 7.53. The number of ether oxygens (including phenoxy) is 3. The fourth-order valence-corrected chi connectivity index (χ4v) is 2.91. The number of amides is 1. The fraction of sp³-hybridized carbons (Fsp3) is 0.278. The number of hydrogen-bond donors (Lipinski definition) is 1. The van der Waals surface area contributed by atoms with Crippen LogP contribution in [0, 0.1) is 0 Å². The van der Waals surface area contributed by atoms with Gasteiger partial charge in [-0.2, -0.15) is 0 Å². The number of carbonyl (C=O) groups excluding carboxylic acids is 1. The monoisotopic (exact) mass is 328 g/mol. The van der Waals surface area contributed by atoms with E-state index in [0.717, 1.165) is 11.3 Å². The van der Waals surface area contributed by atoms with Crippen LogP contribution in [0.25, 0.3) is 0 Å². The molecule has 0 aromatic heterocycles. The molecule has 126 valence electrons. The van der Waals surface area contributed by atoms with Crippen LogP contribution in [0.3, 0.4) is 0 Å². The number of benzene rings is 2. The van der Waals surface area contributed by atoms with E-state index in [1.165, 1.54) is 0 Å². The summed E-state index contributed by atoms with van der Waals surface area (Å²) in [7, 11) is 6.46. The molecule has 1 atom stereocenters. The van der Waals surface area contributed by atoms with E-state index >= 15 is 0 Å². The second kappa shape index (κ2) is 6.31. The average Bonchev–Trinajstić information content (AvgIpc) is 2.63. The van der Waals surface area contributed by atoms with Crippen molar-refractivity contribution in [3.8, 4) is 17.2 Å². The minimum Gasteiger partial charge on any atom is -0.493 e. The quantitative estimate of drug-likeness (QED) is 0.935. The lowest BCUT2D eigenvalue weighted by molar-refractivity contribution is 0.0735. The number of nitrogens with one attached hydrogen (secondary N) is 1. The van der Waals surface area contributed by atoms with Crippen molar-refractivity contribution in [2.45, 2.75) is 6.17 Å². The summed E-state index contributed by atoms with van der Waals surface area (Å²) in [5.41, 5.74) is 2.30. The van der Waals surface area contributed by atoms with Crippen LogP contribution in [0.4, 0.5) is 5.69 Å². The molecule has 0 fully saturated rings. The highest BCUT2D eigenvalue weighted by Crippen LogP contribution is 2.42. The number of anilines is 1.